The van der Waals surface area contributed by atoms with E-state index in [1.54, 1.807) is 13.3 Å². The minimum atomic E-state index is 0.423. The van der Waals surface area contributed by atoms with Gasteiger partial charge in [0.1, 0.15) is 0 Å². The van der Waals surface area contributed by atoms with E-state index in [1.165, 1.54) is 37.9 Å². The van der Waals surface area contributed by atoms with Crippen LogP contribution in [0, 0.1) is 11.8 Å². The topological polar surface area (TPSA) is 37.8 Å². The number of hydrogen-bond donors (Lipinski definition) is 0. The van der Waals surface area contributed by atoms with Gasteiger partial charge in [0.2, 0.25) is 5.88 Å². The minimum Gasteiger partial charge on any atom is -0.481 e. The zero-order chi connectivity index (χ0) is 16.4. The van der Waals surface area contributed by atoms with Gasteiger partial charge in [-0.25, -0.2) is 4.98 Å². The Morgan fingerprint density at radius 2 is 2.12 bits per heavy atom. The third kappa shape index (κ3) is 3.44. The van der Waals surface area contributed by atoms with Crippen molar-refractivity contribution < 1.29 is 9.47 Å². The van der Waals surface area contributed by atoms with E-state index in [-0.39, 0.29) is 0 Å². The third-order valence-corrected chi connectivity index (χ3v) is 5.97. The highest BCUT2D eigenvalue weighted by atomic mass is 16.5. The van der Waals surface area contributed by atoms with Gasteiger partial charge in [0.25, 0.3) is 0 Å². The van der Waals surface area contributed by atoms with Gasteiger partial charge in [-0.2, -0.15) is 0 Å². The van der Waals surface area contributed by atoms with E-state index >= 15 is 0 Å². The Kier molecular flexibility index (Phi) is 5.01. The zero-order valence-electron chi connectivity index (χ0n) is 14.7. The summed E-state index contributed by atoms with van der Waals surface area (Å²) in [6, 6.07) is 4.13. The van der Waals surface area contributed by atoms with Crippen molar-refractivity contribution in [2.45, 2.75) is 31.9 Å². The maximum Gasteiger partial charge on any atom is 0.217 e. The van der Waals surface area contributed by atoms with Crippen LogP contribution in [0.5, 0.6) is 5.88 Å². The first-order valence-electron chi connectivity index (χ1n) is 9.37. The van der Waals surface area contributed by atoms with Crippen molar-refractivity contribution in [2.75, 3.05) is 46.4 Å². The molecule has 3 atom stereocenters. The molecular formula is C19H29N3O2. The molecule has 0 amide bonds. The summed E-state index contributed by atoms with van der Waals surface area (Å²) in [6.45, 7) is 7.83. The molecule has 5 heteroatoms. The van der Waals surface area contributed by atoms with Crippen LogP contribution in [-0.2, 0) is 11.3 Å². The second kappa shape index (κ2) is 7.38. The molecule has 0 bridgehead atoms. The number of nitrogens with zero attached hydrogens (tertiary/aromatic N) is 3. The highest BCUT2D eigenvalue weighted by molar-refractivity contribution is 5.25. The van der Waals surface area contributed by atoms with Gasteiger partial charge in [-0.05, 0) is 50.9 Å². The lowest BCUT2D eigenvalue weighted by molar-refractivity contribution is 0.0483. The average Bonchev–Trinajstić information content (AvgIpc) is 3.26. The van der Waals surface area contributed by atoms with E-state index in [4.69, 9.17) is 9.47 Å². The Labute approximate surface area is 144 Å². The van der Waals surface area contributed by atoms with Crippen molar-refractivity contribution in [2.24, 2.45) is 11.8 Å². The SMILES string of the molecule is COc1ncccc1CN1CC[C@@H]2CO[C@@H](CN3CCCC3)[C@@H]2C1. The summed E-state index contributed by atoms with van der Waals surface area (Å²) in [5, 5.41) is 0. The molecule has 4 heterocycles. The first kappa shape index (κ1) is 16.3. The quantitative estimate of drug-likeness (QED) is 0.825. The van der Waals surface area contributed by atoms with Crippen LogP contribution in [0.3, 0.4) is 0 Å². The Morgan fingerprint density at radius 3 is 2.96 bits per heavy atom. The van der Waals surface area contributed by atoms with Crippen molar-refractivity contribution in [3.05, 3.63) is 23.9 Å². The summed E-state index contributed by atoms with van der Waals surface area (Å²) in [6.07, 6.45) is 6.18. The fraction of sp³-hybridized carbons (Fsp3) is 0.737. The van der Waals surface area contributed by atoms with Crippen LogP contribution in [0.4, 0.5) is 0 Å². The van der Waals surface area contributed by atoms with Crippen molar-refractivity contribution in [1.82, 2.24) is 14.8 Å². The van der Waals surface area contributed by atoms with Crippen molar-refractivity contribution in [3.63, 3.8) is 0 Å². The van der Waals surface area contributed by atoms with Gasteiger partial charge in [0.15, 0.2) is 0 Å². The highest BCUT2D eigenvalue weighted by Crippen LogP contribution is 2.35. The monoisotopic (exact) mass is 331 g/mol. The smallest absolute Gasteiger partial charge is 0.217 e. The van der Waals surface area contributed by atoms with Gasteiger partial charge in [0, 0.05) is 37.3 Å². The number of methoxy groups -OCH3 is 1. The number of hydrogen-bond acceptors (Lipinski definition) is 5. The minimum absolute atomic E-state index is 0.423. The molecular weight excluding hydrogens is 302 g/mol. The van der Waals surface area contributed by atoms with E-state index < -0.39 is 0 Å². The van der Waals surface area contributed by atoms with Crippen LogP contribution in [0.1, 0.15) is 24.8 Å². The Bertz CT molecular complexity index is 547. The van der Waals surface area contributed by atoms with Gasteiger partial charge >= 0.3 is 0 Å². The molecule has 0 radical (unpaired) electrons. The van der Waals surface area contributed by atoms with E-state index in [1.807, 2.05) is 6.07 Å². The number of ether oxygens (including phenoxy) is 2. The molecule has 0 spiro atoms. The number of likely N-dealkylation sites (tertiary alicyclic amines) is 2. The van der Waals surface area contributed by atoms with Crippen LogP contribution in [-0.4, -0.2) is 67.3 Å². The number of pyridine rings is 1. The van der Waals surface area contributed by atoms with Gasteiger partial charge < -0.3 is 14.4 Å². The molecule has 0 aliphatic carbocycles. The Hall–Kier alpha value is -1.17. The summed E-state index contributed by atoms with van der Waals surface area (Å²) >= 11 is 0. The maximum atomic E-state index is 6.20. The molecule has 1 aromatic rings. The number of piperidine rings is 1. The molecule has 3 aliphatic rings. The number of fused-ring (bicyclic) bond motifs is 1. The fourth-order valence-corrected chi connectivity index (χ4v) is 4.62. The van der Waals surface area contributed by atoms with E-state index in [2.05, 4.69) is 20.9 Å². The van der Waals surface area contributed by atoms with Crippen molar-refractivity contribution in [3.8, 4) is 5.88 Å². The van der Waals surface area contributed by atoms with Gasteiger partial charge in [0.05, 0.1) is 19.8 Å². The lowest BCUT2D eigenvalue weighted by atomic mass is 9.84. The molecule has 3 fully saturated rings. The van der Waals surface area contributed by atoms with Crippen LogP contribution in [0.25, 0.3) is 0 Å². The summed E-state index contributed by atoms with van der Waals surface area (Å²) < 4.78 is 11.6. The average molecular weight is 331 g/mol. The van der Waals surface area contributed by atoms with Crippen LogP contribution >= 0.6 is 0 Å². The number of rotatable bonds is 5. The molecule has 5 nitrogen and oxygen atoms in total. The molecule has 3 saturated heterocycles. The summed E-state index contributed by atoms with van der Waals surface area (Å²) in [5.74, 6) is 2.20. The first-order chi connectivity index (χ1) is 11.8. The van der Waals surface area contributed by atoms with Gasteiger partial charge in [-0.3, -0.25) is 4.90 Å². The molecule has 0 N–H and O–H groups in total. The molecule has 132 valence electrons. The van der Waals surface area contributed by atoms with Crippen LogP contribution < -0.4 is 4.74 Å². The normalized spacial score (nSPS) is 31.3. The van der Waals surface area contributed by atoms with E-state index in [9.17, 15) is 0 Å². The van der Waals surface area contributed by atoms with Crippen LogP contribution in [0.15, 0.2) is 18.3 Å². The molecule has 0 unspecified atom stereocenters. The lowest BCUT2D eigenvalue weighted by Crippen LogP contribution is -2.44. The maximum absolute atomic E-state index is 6.20. The molecule has 24 heavy (non-hydrogen) atoms. The predicted octanol–water partition coefficient (Wildman–Crippen LogP) is 2.02. The largest absolute Gasteiger partial charge is 0.481 e. The van der Waals surface area contributed by atoms with Crippen molar-refractivity contribution >= 4 is 0 Å². The molecule has 1 aromatic heterocycles. The highest BCUT2D eigenvalue weighted by Gasteiger charge is 2.41. The lowest BCUT2D eigenvalue weighted by Gasteiger charge is -2.37. The number of aromatic nitrogens is 1. The van der Waals surface area contributed by atoms with E-state index in [0.717, 1.165) is 44.6 Å². The Balaban J connectivity index is 1.38. The van der Waals surface area contributed by atoms with Crippen molar-refractivity contribution in [1.29, 1.82) is 0 Å². The van der Waals surface area contributed by atoms with Crippen LogP contribution in [0.2, 0.25) is 0 Å². The molecule has 0 saturated carbocycles. The van der Waals surface area contributed by atoms with E-state index in [0.29, 0.717) is 12.0 Å². The summed E-state index contributed by atoms with van der Waals surface area (Å²) in [5.41, 5.74) is 1.19. The second-order valence-corrected chi connectivity index (χ2v) is 7.50. The van der Waals surface area contributed by atoms with Gasteiger partial charge in [-0.15, -0.1) is 0 Å². The second-order valence-electron chi connectivity index (χ2n) is 7.50. The molecule has 4 rings (SSSR count). The predicted molar refractivity (Wildman–Crippen MR) is 93.1 cm³/mol. The summed E-state index contributed by atoms with van der Waals surface area (Å²) in [7, 11) is 1.70. The molecule has 3 aliphatic heterocycles. The zero-order valence-corrected chi connectivity index (χ0v) is 14.7. The summed E-state index contributed by atoms with van der Waals surface area (Å²) in [4.78, 5) is 9.49. The fourth-order valence-electron chi connectivity index (χ4n) is 4.62. The first-order valence-corrected chi connectivity index (χ1v) is 9.37. The standard InChI is InChI=1S/C19H29N3O2/c1-23-19-15(5-4-7-20-19)11-22-10-6-16-14-24-18(17(16)12-22)13-21-8-2-3-9-21/h4-5,7,16-18H,2-3,6,8-14H2,1H3/t16-,17-,18+/m1/s1. The Morgan fingerprint density at radius 1 is 1.25 bits per heavy atom. The van der Waals surface area contributed by atoms with Gasteiger partial charge in [-0.1, -0.05) is 6.07 Å². The molecule has 0 aromatic carbocycles. The third-order valence-electron chi connectivity index (χ3n) is 5.97.